The molecular weight excluding hydrogens is 240 g/mol. The van der Waals surface area contributed by atoms with Crippen LogP contribution in [0.4, 0.5) is 11.4 Å². The summed E-state index contributed by atoms with van der Waals surface area (Å²) in [6.07, 6.45) is -0.0354. The summed E-state index contributed by atoms with van der Waals surface area (Å²) < 4.78 is 0. The maximum atomic E-state index is 11.6. The van der Waals surface area contributed by atoms with Gasteiger partial charge in [-0.3, -0.25) is 19.7 Å². The van der Waals surface area contributed by atoms with Crippen LogP contribution < -0.4 is 4.90 Å². The molecule has 1 aromatic rings. The lowest BCUT2D eigenvalue weighted by atomic mass is 10.1. The van der Waals surface area contributed by atoms with Gasteiger partial charge >= 0.3 is 5.97 Å². The minimum atomic E-state index is -1.01. The fourth-order valence-electron chi connectivity index (χ4n) is 1.88. The van der Waals surface area contributed by atoms with Gasteiger partial charge in [0.05, 0.1) is 10.8 Å². The van der Waals surface area contributed by atoms with Gasteiger partial charge in [0.1, 0.15) is 0 Å². The molecule has 0 spiro atoms. The fraction of sp³-hybridized carbons (Fsp3) is 0.273. The predicted molar refractivity (Wildman–Crippen MR) is 61.2 cm³/mol. The van der Waals surface area contributed by atoms with Crippen LogP contribution in [0.1, 0.15) is 6.42 Å². The molecular formula is C11H10N2O5. The molecule has 18 heavy (non-hydrogen) atoms. The van der Waals surface area contributed by atoms with Crippen molar-refractivity contribution in [3.05, 3.63) is 34.4 Å². The third-order valence-corrected chi connectivity index (χ3v) is 2.85. The molecule has 1 aromatic carbocycles. The van der Waals surface area contributed by atoms with Crippen LogP contribution in [-0.2, 0) is 9.59 Å². The number of nitro benzene ring substituents is 1. The van der Waals surface area contributed by atoms with E-state index in [-0.39, 0.29) is 24.6 Å². The van der Waals surface area contributed by atoms with Crippen LogP contribution in [0.2, 0.25) is 0 Å². The van der Waals surface area contributed by atoms with Crippen LogP contribution in [0.3, 0.4) is 0 Å². The lowest BCUT2D eigenvalue weighted by Crippen LogP contribution is -2.25. The van der Waals surface area contributed by atoms with Gasteiger partial charge in [0.15, 0.2) is 0 Å². The van der Waals surface area contributed by atoms with Crippen LogP contribution >= 0.6 is 0 Å². The molecule has 1 heterocycles. The van der Waals surface area contributed by atoms with E-state index in [1.807, 2.05) is 0 Å². The second kappa shape index (κ2) is 4.44. The van der Waals surface area contributed by atoms with E-state index < -0.39 is 16.8 Å². The zero-order valence-electron chi connectivity index (χ0n) is 9.28. The Labute approximate surface area is 102 Å². The number of carboxylic acid groups (broad SMARTS) is 1. The minimum absolute atomic E-state index is 0.0354. The van der Waals surface area contributed by atoms with Crippen molar-refractivity contribution < 1.29 is 19.6 Å². The number of aliphatic carboxylic acids is 1. The summed E-state index contributed by atoms with van der Waals surface area (Å²) in [7, 11) is 0. The number of carbonyl (C=O) groups excluding carboxylic acids is 1. The molecule has 0 aromatic heterocycles. The molecule has 0 aliphatic carbocycles. The maximum absolute atomic E-state index is 11.6. The Morgan fingerprint density at radius 2 is 2.00 bits per heavy atom. The van der Waals surface area contributed by atoms with E-state index in [2.05, 4.69) is 0 Å². The first kappa shape index (κ1) is 12.0. The highest BCUT2D eigenvalue weighted by Crippen LogP contribution is 2.26. The molecule has 2 rings (SSSR count). The summed E-state index contributed by atoms with van der Waals surface area (Å²) in [6, 6.07) is 5.47. The summed E-state index contributed by atoms with van der Waals surface area (Å²) in [5, 5.41) is 19.3. The van der Waals surface area contributed by atoms with Crippen molar-refractivity contribution >= 4 is 23.3 Å². The third kappa shape index (κ3) is 2.15. The largest absolute Gasteiger partial charge is 0.481 e. The molecule has 7 nitrogen and oxygen atoms in total. The summed E-state index contributed by atoms with van der Waals surface area (Å²) in [4.78, 5) is 33.7. The van der Waals surface area contributed by atoms with Gasteiger partial charge in [0.25, 0.3) is 5.69 Å². The second-order valence-corrected chi connectivity index (χ2v) is 4.02. The number of rotatable bonds is 3. The molecule has 1 amide bonds. The van der Waals surface area contributed by atoms with Crippen molar-refractivity contribution in [2.75, 3.05) is 11.4 Å². The quantitative estimate of drug-likeness (QED) is 0.637. The molecule has 1 aliphatic heterocycles. The molecule has 94 valence electrons. The highest BCUT2D eigenvalue weighted by Gasteiger charge is 2.35. The van der Waals surface area contributed by atoms with Crippen molar-refractivity contribution in [1.29, 1.82) is 0 Å². The number of hydrogen-bond acceptors (Lipinski definition) is 4. The molecule has 0 bridgehead atoms. The van der Waals surface area contributed by atoms with Crippen LogP contribution in [0.25, 0.3) is 0 Å². The highest BCUT2D eigenvalue weighted by molar-refractivity contribution is 5.99. The molecule has 1 aliphatic rings. The standard InChI is InChI=1S/C11H10N2O5/c14-10-5-7(11(15)16)6-12(10)8-1-3-9(4-2-8)13(17)18/h1-4,7H,5-6H2,(H,15,16)/t7-/m0/s1. The first-order valence-electron chi connectivity index (χ1n) is 5.26. The first-order chi connectivity index (χ1) is 8.49. The Morgan fingerprint density at radius 3 is 2.44 bits per heavy atom. The third-order valence-electron chi connectivity index (χ3n) is 2.85. The summed E-state index contributed by atoms with van der Waals surface area (Å²) in [5.41, 5.74) is 0.412. The van der Waals surface area contributed by atoms with Gasteiger partial charge in [0, 0.05) is 30.8 Å². The number of anilines is 1. The topological polar surface area (TPSA) is 101 Å². The minimum Gasteiger partial charge on any atom is -0.481 e. The van der Waals surface area contributed by atoms with E-state index in [9.17, 15) is 19.7 Å². The Balaban J connectivity index is 2.19. The van der Waals surface area contributed by atoms with Crippen molar-refractivity contribution in [2.24, 2.45) is 5.92 Å². The monoisotopic (exact) mass is 250 g/mol. The van der Waals surface area contributed by atoms with Crippen molar-refractivity contribution in [1.82, 2.24) is 0 Å². The summed E-state index contributed by atoms with van der Waals surface area (Å²) in [6.45, 7) is 0.103. The van der Waals surface area contributed by atoms with Gasteiger partial charge in [-0.2, -0.15) is 0 Å². The predicted octanol–water partition coefficient (Wildman–Crippen LogP) is 1.03. The molecule has 0 saturated carbocycles. The zero-order valence-corrected chi connectivity index (χ0v) is 9.28. The zero-order chi connectivity index (χ0) is 13.3. The van der Waals surface area contributed by atoms with Crippen LogP contribution in [0.15, 0.2) is 24.3 Å². The number of hydrogen-bond donors (Lipinski definition) is 1. The van der Waals surface area contributed by atoms with E-state index >= 15 is 0 Å². The second-order valence-electron chi connectivity index (χ2n) is 4.02. The Morgan fingerprint density at radius 1 is 1.39 bits per heavy atom. The average Bonchev–Trinajstić information content (AvgIpc) is 2.71. The van der Waals surface area contributed by atoms with Crippen molar-refractivity contribution in [3.8, 4) is 0 Å². The number of amides is 1. The van der Waals surface area contributed by atoms with Gasteiger partial charge in [-0.05, 0) is 12.1 Å². The van der Waals surface area contributed by atoms with Crippen molar-refractivity contribution in [2.45, 2.75) is 6.42 Å². The van der Waals surface area contributed by atoms with Gasteiger partial charge in [-0.1, -0.05) is 0 Å². The number of nitrogens with zero attached hydrogens (tertiary/aromatic N) is 2. The molecule has 0 radical (unpaired) electrons. The van der Waals surface area contributed by atoms with Gasteiger partial charge in [0.2, 0.25) is 5.91 Å². The Kier molecular flexibility index (Phi) is 2.97. The highest BCUT2D eigenvalue weighted by atomic mass is 16.6. The van der Waals surface area contributed by atoms with Crippen molar-refractivity contribution in [3.63, 3.8) is 0 Å². The van der Waals surface area contributed by atoms with Crippen LogP contribution in [-0.4, -0.2) is 28.5 Å². The smallest absolute Gasteiger partial charge is 0.308 e. The molecule has 7 heteroatoms. The van der Waals surface area contributed by atoms with E-state index in [0.29, 0.717) is 5.69 Å². The van der Waals surface area contributed by atoms with E-state index in [1.165, 1.54) is 29.2 Å². The number of non-ortho nitro benzene ring substituents is 1. The first-order valence-corrected chi connectivity index (χ1v) is 5.26. The number of benzene rings is 1. The average molecular weight is 250 g/mol. The Hall–Kier alpha value is -2.44. The maximum Gasteiger partial charge on any atom is 0.308 e. The van der Waals surface area contributed by atoms with Gasteiger partial charge in [-0.15, -0.1) is 0 Å². The fourth-order valence-corrected chi connectivity index (χ4v) is 1.88. The van der Waals surface area contributed by atoms with Crippen LogP contribution in [0.5, 0.6) is 0 Å². The summed E-state index contributed by atoms with van der Waals surface area (Å²) >= 11 is 0. The van der Waals surface area contributed by atoms with Gasteiger partial charge in [-0.25, -0.2) is 0 Å². The lowest BCUT2D eigenvalue weighted by molar-refractivity contribution is -0.384. The van der Waals surface area contributed by atoms with E-state index in [4.69, 9.17) is 5.11 Å². The molecule has 1 N–H and O–H groups in total. The number of nitro groups is 1. The summed E-state index contributed by atoms with van der Waals surface area (Å²) in [5.74, 6) is -2.00. The molecule has 1 fully saturated rings. The molecule has 1 atom stereocenters. The number of carbonyl (C=O) groups is 2. The van der Waals surface area contributed by atoms with Gasteiger partial charge < -0.3 is 10.0 Å². The molecule has 1 saturated heterocycles. The molecule has 0 unspecified atom stereocenters. The van der Waals surface area contributed by atoms with E-state index in [1.54, 1.807) is 0 Å². The Bertz CT molecular complexity index is 511. The normalized spacial score (nSPS) is 19.0. The number of carboxylic acids is 1. The van der Waals surface area contributed by atoms with Crippen LogP contribution in [0, 0.1) is 16.0 Å². The SMILES string of the molecule is O=C(O)[C@H]1CC(=O)N(c2ccc([N+](=O)[O-])cc2)C1. The van der Waals surface area contributed by atoms with E-state index in [0.717, 1.165) is 0 Å². The lowest BCUT2D eigenvalue weighted by Gasteiger charge is -2.15.